The van der Waals surface area contributed by atoms with Crippen molar-refractivity contribution in [2.24, 2.45) is 13.0 Å². The summed E-state index contributed by atoms with van der Waals surface area (Å²) in [6.07, 6.45) is 0.831. The zero-order valence-corrected chi connectivity index (χ0v) is 15.3. The molecular formula is C16H22N4O4S. The van der Waals surface area contributed by atoms with E-state index in [4.69, 9.17) is 0 Å². The minimum atomic E-state index is -3.43. The highest BCUT2D eigenvalue weighted by molar-refractivity contribution is 7.89. The van der Waals surface area contributed by atoms with Gasteiger partial charge >= 0.3 is 0 Å². The van der Waals surface area contributed by atoms with Gasteiger partial charge in [-0.2, -0.15) is 0 Å². The van der Waals surface area contributed by atoms with Crippen molar-refractivity contribution < 1.29 is 18.3 Å². The van der Waals surface area contributed by atoms with Crippen LogP contribution in [-0.2, 0) is 17.1 Å². The van der Waals surface area contributed by atoms with Gasteiger partial charge in [0.15, 0.2) is 0 Å². The van der Waals surface area contributed by atoms with E-state index in [0.29, 0.717) is 5.56 Å². The first-order valence-electron chi connectivity index (χ1n) is 7.97. The summed E-state index contributed by atoms with van der Waals surface area (Å²) in [7, 11) is 1.37. The van der Waals surface area contributed by atoms with Crippen molar-refractivity contribution in [2.75, 3.05) is 32.9 Å². The lowest BCUT2D eigenvalue weighted by atomic mass is 10.1. The third-order valence-corrected chi connectivity index (χ3v) is 6.61. The monoisotopic (exact) mass is 366 g/mol. The molecular weight excluding hydrogens is 344 g/mol. The summed E-state index contributed by atoms with van der Waals surface area (Å²) in [5.74, 6) is -0.893. The second-order valence-corrected chi connectivity index (χ2v) is 8.88. The normalized spacial score (nSPS) is 21.4. The predicted molar refractivity (Wildman–Crippen MR) is 93.6 cm³/mol. The van der Waals surface area contributed by atoms with Crippen LogP contribution in [0.5, 0.6) is 0 Å². The van der Waals surface area contributed by atoms with E-state index in [1.54, 1.807) is 18.5 Å². The Balaban J connectivity index is 1.76. The molecule has 0 bridgehead atoms. The van der Waals surface area contributed by atoms with Crippen molar-refractivity contribution in [1.82, 2.24) is 18.8 Å². The number of β-amino-alcohol motifs (C(OH)–C–C–N with tert-alkyl or cyclic N) is 1. The average molecular weight is 366 g/mol. The Hall–Kier alpha value is -1.97. The van der Waals surface area contributed by atoms with E-state index in [9.17, 15) is 18.3 Å². The number of fused-ring (bicyclic) bond motifs is 1. The summed E-state index contributed by atoms with van der Waals surface area (Å²) < 4.78 is 27.1. The van der Waals surface area contributed by atoms with Gasteiger partial charge in [-0.3, -0.25) is 4.79 Å². The molecule has 1 amide bonds. The van der Waals surface area contributed by atoms with Crippen LogP contribution < -0.4 is 0 Å². The van der Waals surface area contributed by atoms with Crippen molar-refractivity contribution in [3.63, 3.8) is 0 Å². The summed E-state index contributed by atoms with van der Waals surface area (Å²) in [6.45, 7) is 0.347. The van der Waals surface area contributed by atoms with E-state index < -0.39 is 22.0 Å². The van der Waals surface area contributed by atoms with E-state index in [2.05, 4.69) is 4.98 Å². The molecule has 1 saturated heterocycles. The van der Waals surface area contributed by atoms with Crippen LogP contribution in [0.15, 0.2) is 24.5 Å². The Morgan fingerprint density at radius 3 is 2.76 bits per heavy atom. The molecule has 2 aromatic rings. The number of carbonyl (C=O) groups excluding carboxylic acids is 1. The van der Waals surface area contributed by atoms with Crippen LogP contribution in [0, 0.1) is 5.92 Å². The van der Waals surface area contributed by atoms with Crippen molar-refractivity contribution in [3.05, 3.63) is 30.1 Å². The number of imidazole rings is 1. The second kappa shape index (κ2) is 6.40. The predicted octanol–water partition coefficient (Wildman–Crippen LogP) is -0.102. The molecule has 1 aliphatic rings. The lowest BCUT2D eigenvalue weighted by molar-refractivity contribution is 0.0765. The zero-order valence-electron chi connectivity index (χ0n) is 14.5. The van der Waals surface area contributed by atoms with Crippen molar-refractivity contribution >= 4 is 27.0 Å². The van der Waals surface area contributed by atoms with Gasteiger partial charge in [0.05, 0.1) is 29.2 Å². The number of rotatable bonds is 4. The molecule has 2 heterocycles. The highest BCUT2D eigenvalue weighted by Crippen LogP contribution is 2.23. The van der Waals surface area contributed by atoms with E-state index in [1.807, 2.05) is 17.7 Å². The standard InChI is InChI=1S/C16H22N4O4S/c1-18(2)25(23,24)9-12-7-20(8-15(12)21)16(22)11-4-5-14-13(6-11)17-10-19(14)3/h4-6,10,12,15,21H,7-9H2,1-3H3/t12-,15-/m0/s1. The molecule has 2 atom stereocenters. The quantitative estimate of drug-likeness (QED) is 0.815. The molecule has 0 spiro atoms. The van der Waals surface area contributed by atoms with Crippen molar-refractivity contribution in [3.8, 4) is 0 Å². The summed E-state index contributed by atoms with van der Waals surface area (Å²) in [6, 6.07) is 5.27. The van der Waals surface area contributed by atoms with E-state index in [-0.39, 0.29) is 24.7 Å². The van der Waals surface area contributed by atoms with Gasteiger partial charge in [0, 0.05) is 45.7 Å². The van der Waals surface area contributed by atoms with Gasteiger partial charge in [-0.05, 0) is 18.2 Å². The fraction of sp³-hybridized carbons (Fsp3) is 0.500. The molecule has 136 valence electrons. The molecule has 0 radical (unpaired) electrons. The first-order valence-corrected chi connectivity index (χ1v) is 9.58. The average Bonchev–Trinajstić information content (AvgIpc) is 3.09. The van der Waals surface area contributed by atoms with Crippen LogP contribution >= 0.6 is 0 Å². The Labute approximate surface area is 146 Å². The second-order valence-electron chi connectivity index (χ2n) is 6.66. The molecule has 1 aromatic carbocycles. The van der Waals surface area contributed by atoms with E-state index in [0.717, 1.165) is 15.3 Å². The molecule has 1 aromatic heterocycles. The number of hydrogen-bond donors (Lipinski definition) is 1. The number of aryl methyl sites for hydroxylation is 1. The molecule has 3 rings (SSSR count). The number of aromatic nitrogens is 2. The highest BCUT2D eigenvalue weighted by atomic mass is 32.2. The van der Waals surface area contributed by atoms with E-state index >= 15 is 0 Å². The van der Waals surface area contributed by atoms with Crippen molar-refractivity contribution in [2.45, 2.75) is 6.10 Å². The molecule has 1 aliphatic heterocycles. The minimum absolute atomic E-state index is 0.132. The third-order valence-electron chi connectivity index (χ3n) is 4.65. The maximum Gasteiger partial charge on any atom is 0.254 e. The number of amides is 1. The van der Waals surface area contributed by atoms with E-state index in [1.165, 1.54) is 19.0 Å². The largest absolute Gasteiger partial charge is 0.391 e. The van der Waals surface area contributed by atoms with Crippen LogP contribution in [0.25, 0.3) is 11.0 Å². The lowest BCUT2D eigenvalue weighted by Gasteiger charge is -2.18. The van der Waals surface area contributed by atoms with Gasteiger partial charge in [-0.1, -0.05) is 0 Å². The Morgan fingerprint density at radius 1 is 1.36 bits per heavy atom. The van der Waals surface area contributed by atoms with Gasteiger partial charge in [0.1, 0.15) is 0 Å². The molecule has 8 nitrogen and oxygen atoms in total. The molecule has 0 unspecified atom stereocenters. The molecule has 0 aliphatic carbocycles. The number of hydrogen-bond acceptors (Lipinski definition) is 5. The highest BCUT2D eigenvalue weighted by Gasteiger charge is 2.37. The maximum atomic E-state index is 12.7. The lowest BCUT2D eigenvalue weighted by Crippen LogP contribution is -2.33. The first-order chi connectivity index (χ1) is 11.7. The number of carbonyl (C=O) groups is 1. The summed E-state index contributed by atoms with van der Waals surface area (Å²) in [4.78, 5) is 18.5. The molecule has 0 saturated carbocycles. The summed E-state index contributed by atoms with van der Waals surface area (Å²) in [5.41, 5.74) is 2.13. The number of likely N-dealkylation sites (tertiary alicyclic amines) is 1. The van der Waals surface area contributed by atoms with Crippen LogP contribution in [0.3, 0.4) is 0 Å². The van der Waals surface area contributed by atoms with Gasteiger partial charge in [0.2, 0.25) is 10.0 Å². The van der Waals surface area contributed by atoms with Crippen LogP contribution in [0.2, 0.25) is 0 Å². The first kappa shape index (κ1) is 17.8. The number of aliphatic hydroxyl groups is 1. The molecule has 1 fully saturated rings. The Kier molecular flexibility index (Phi) is 4.56. The smallest absolute Gasteiger partial charge is 0.254 e. The Bertz CT molecular complexity index is 906. The van der Waals surface area contributed by atoms with Crippen LogP contribution in [0.4, 0.5) is 0 Å². The number of sulfonamides is 1. The number of aliphatic hydroxyl groups excluding tert-OH is 1. The third kappa shape index (κ3) is 3.39. The molecule has 1 N–H and O–H groups in total. The van der Waals surface area contributed by atoms with Crippen LogP contribution in [0.1, 0.15) is 10.4 Å². The topological polar surface area (TPSA) is 95.7 Å². The van der Waals surface area contributed by atoms with Gasteiger partial charge < -0.3 is 14.6 Å². The zero-order chi connectivity index (χ0) is 18.4. The van der Waals surface area contributed by atoms with Gasteiger partial charge in [-0.15, -0.1) is 0 Å². The number of nitrogens with zero attached hydrogens (tertiary/aromatic N) is 4. The molecule has 9 heteroatoms. The fourth-order valence-corrected chi connectivity index (χ4v) is 4.22. The fourth-order valence-electron chi connectivity index (χ4n) is 3.06. The van der Waals surface area contributed by atoms with Crippen LogP contribution in [-0.4, -0.2) is 77.2 Å². The SMILES string of the molecule is CN(C)S(=O)(=O)C[C@@H]1CN(C(=O)c2ccc3c(c2)ncn3C)C[C@@H]1O. The van der Waals surface area contributed by atoms with Crippen molar-refractivity contribution in [1.29, 1.82) is 0 Å². The molecule has 25 heavy (non-hydrogen) atoms. The van der Waals surface area contributed by atoms with Gasteiger partial charge in [-0.25, -0.2) is 17.7 Å². The maximum absolute atomic E-state index is 12.7. The Morgan fingerprint density at radius 2 is 2.08 bits per heavy atom. The summed E-state index contributed by atoms with van der Waals surface area (Å²) in [5, 5.41) is 10.2. The minimum Gasteiger partial charge on any atom is -0.391 e. The number of benzene rings is 1. The summed E-state index contributed by atoms with van der Waals surface area (Å²) >= 11 is 0. The van der Waals surface area contributed by atoms with Gasteiger partial charge in [0.25, 0.3) is 5.91 Å².